The molecular formula is C29H38N3O3+. The lowest BCUT2D eigenvalue weighted by molar-refractivity contribution is -0.403. The minimum atomic E-state index is -0.134. The Morgan fingerprint density at radius 2 is 1.89 bits per heavy atom. The molecule has 0 atom stereocenters. The van der Waals surface area contributed by atoms with Crippen molar-refractivity contribution >= 4 is 29.2 Å². The van der Waals surface area contributed by atoms with Crippen molar-refractivity contribution in [1.82, 2.24) is 0 Å². The SMILES string of the molecule is COC(=N)c1ccc2c(c1)[N+](C)=C(CC=Nc1ccc(OCC3CCCCC3)cc1OC)C2(C)C. The summed E-state index contributed by atoms with van der Waals surface area (Å²) >= 11 is 0. The summed E-state index contributed by atoms with van der Waals surface area (Å²) in [4.78, 5) is 4.75. The van der Waals surface area contributed by atoms with Gasteiger partial charge in [0.15, 0.2) is 5.71 Å². The third-order valence-corrected chi connectivity index (χ3v) is 7.50. The van der Waals surface area contributed by atoms with Crippen LogP contribution in [0.1, 0.15) is 63.5 Å². The van der Waals surface area contributed by atoms with Gasteiger partial charge >= 0.3 is 0 Å². The van der Waals surface area contributed by atoms with E-state index in [0.29, 0.717) is 12.3 Å². The number of nitrogens with one attached hydrogen (secondary N) is 1. The van der Waals surface area contributed by atoms with Crippen LogP contribution in [0.25, 0.3) is 0 Å². The molecule has 0 unspecified atom stereocenters. The Balaban J connectivity index is 1.47. The Kier molecular flexibility index (Phi) is 7.58. The van der Waals surface area contributed by atoms with Crippen LogP contribution in [0.2, 0.25) is 0 Å². The zero-order chi connectivity index (χ0) is 25.0. The maximum absolute atomic E-state index is 8.00. The molecule has 1 aliphatic heterocycles. The smallest absolute Gasteiger partial charge is 0.213 e. The van der Waals surface area contributed by atoms with Crippen LogP contribution in [0.15, 0.2) is 41.4 Å². The molecule has 6 nitrogen and oxygen atoms in total. The van der Waals surface area contributed by atoms with Crippen LogP contribution in [0.4, 0.5) is 11.4 Å². The molecule has 1 N–H and O–H groups in total. The van der Waals surface area contributed by atoms with Crippen molar-refractivity contribution in [2.24, 2.45) is 10.9 Å². The van der Waals surface area contributed by atoms with E-state index in [0.717, 1.165) is 35.0 Å². The lowest BCUT2D eigenvalue weighted by Crippen LogP contribution is -2.28. The highest BCUT2D eigenvalue weighted by molar-refractivity contribution is 6.03. The van der Waals surface area contributed by atoms with Crippen molar-refractivity contribution in [3.8, 4) is 11.5 Å². The number of aliphatic imine (C=N–C) groups is 1. The zero-order valence-electron chi connectivity index (χ0n) is 21.7. The monoisotopic (exact) mass is 476 g/mol. The molecule has 1 aliphatic carbocycles. The molecule has 1 fully saturated rings. The summed E-state index contributed by atoms with van der Waals surface area (Å²) in [6.07, 6.45) is 9.19. The van der Waals surface area contributed by atoms with Gasteiger partial charge in [-0.05, 0) is 50.8 Å². The van der Waals surface area contributed by atoms with Crippen molar-refractivity contribution in [2.45, 2.75) is 57.8 Å². The van der Waals surface area contributed by atoms with Gasteiger partial charge < -0.3 is 14.2 Å². The van der Waals surface area contributed by atoms with Crippen molar-refractivity contribution in [3.05, 3.63) is 47.5 Å². The van der Waals surface area contributed by atoms with Gasteiger partial charge in [-0.15, -0.1) is 0 Å². The predicted molar refractivity (Wildman–Crippen MR) is 142 cm³/mol. The maximum Gasteiger partial charge on any atom is 0.213 e. The number of hydrogen-bond donors (Lipinski definition) is 1. The van der Waals surface area contributed by atoms with Crippen LogP contribution in [0.3, 0.4) is 0 Å². The molecule has 0 spiro atoms. The Morgan fingerprint density at radius 3 is 2.60 bits per heavy atom. The fourth-order valence-corrected chi connectivity index (χ4v) is 5.36. The molecule has 0 amide bonds. The predicted octanol–water partition coefficient (Wildman–Crippen LogP) is 6.42. The largest absolute Gasteiger partial charge is 0.494 e. The molecule has 0 saturated heterocycles. The lowest BCUT2D eigenvalue weighted by atomic mass is 9.80. The number of rotatable bonds is 8. The topological polar surface area (TPSA) is 66.9 Å². The van der Waals surface area contributed by atoms with E-state index >= 15 is 0 Å². The van der Waals surface area contributed by atoms with E-state index in [-0.39, 0.29) is 11.3 Å². The van der Waals surface area contributed by atoms with Gasteiger partial charge in [-0.2, -0.15) is 0 Å². The first-order valence-electron chi connectivity index (χ1n) is 12.6. The fourth-order valence-electron chi connectivity index (χ4n) is 5.36. The van der Waals surface area contributed by atoms with Gasteiger partial charge in [-0.25, -0.2) is 4.58 Å². The Morgan fingerprint density at radius 1 is 1.11 bits per heavy atom. The molecule has 1 heterocycles. The summed E-state index contributed by atoms with van der Waals surface area (Å²) in [5.41, 5.74) is 5.04. The molecule has 4 rings (SSSR count). The van der Waals surface area contributed by atoms with E-state index in [4.69, 9.17) is 24.6 Å². The Bertz CT molecular complexity index is 1140. The minimum Gasteiger partial charge on any atom is -0.494 e. The van der Waals surface area contributed by atoms with Crippen molar-refractivity contribution in [1.29, 1.82) is 5.41 Å². The highest BCUT2D eigenvalue weighted by Crippen LogP contribution is 2.40. The second kappa shape index (κ2) is 10.6. The third kappa shape index (κ3) is 5.26. The summed E-state index contributed by atoms with van der Waals surface area (Å²) < 4.78 is 19.0. The molecule has 6 heteroatoms. The van der Waals surface area contributed by atoms with Gasteiger partial charge in [-0.3, -0.25) is 10.4 Å². The van der Waals surface area contributed by atoms with Gasteiger partial charge in [0.05, 0.1) is 32.7 Å². The van der Waals surface area contributed by atoms with Gasteiger partial charge in [0.1, 0.15) is 24.2 Å². The van der Waals surface area contributed by atoms with E-state index in [2.05, 4.69) is 31.5 Å². The Labute approximate surface area is 209 Å². The molecule has 0 bridgehead atoms. The van der Waals surface area contributed by atoms with Gasteiger partial charge in [0.25, 0.3) is 0 Å². The normalized spacial score (nSPS) is 17.5. The van der Waals surface area contributed by atoms with Gasteiger partial charge in [0.2, 0.25) is 11.6 Å². The maximum atomic E-state index is 8.00. The molecule has 2 aromatic rings. The number of hydrogen-bond acceptors (Lipinski definition) is 5. The van der Waals surface area contributed by atoms with Crippen LogP contribution in [-0.2, 0) is 10.2 Å². The zero-order valence-corrected chi connectivity index (χ0v) is 21.7. The third-order valence-electron chi connectivity index (χ3n) is 7.50. The lowest BCUT2D eigenvalue weighted by Gasteiger charge is -2.21. The molecule has 0 aromatic heterocycles. The number of methoxy groups -OCH3 is 2. The average molecular weight is 477 g/mol. The quantitative estimate of drug-likeness (QED) is 0.271. The van der Waals surface area contributed by atoms with E-state index < -0.39 is 0 Å². The fraction of sp³-hybridized carbons (Fsp3) is 0.483. The van der Waals surface area contributed by atoms with Crippen molar-refractivity contribution < 1.29 is 18.8 Å². The summed E-state index contributed by atoms with van der Waals surface area (Å²) in [6, 6.07) is 12.0. The molecule has 2 aliphatic rings. The van der Waals surface area contributed by atoms with Crippen LogP contribution in [0, 0.1) is 11.3 Å². The van der Waals surface area contributed by atoms with E-state index in [1.807, 2.05) is 36.5 Å². The van der Waals surface area contributed by atoms with E-state index in [1.165, 1.54) is 50.5 Å². The molecule has 186 valence electrons. The van der Waals surface area contributed by atoms with Crippen LogP contribution in [0.5, 0.6) is 11.5 Å². The van der Waals surface area contributed by atoms with E-state index in [9.17, 15) is 0 Å². The molecule has 1 saturated carbocycles. The van der Waals surface area contributed by atoms with Crippen LogP contribution >= 0.6 is 0 Å². The first-order valence-corrected chi connectivity index (χ1v) is 12.6. The summed E-state index contributed by atoms with van der Waals surface area (Å²) in [5, 5.41) is 8.00. The summed E-state index contributed by atoms with van der Waals surface area (Å²) in [5.74, 6) is 2.39. The first kappa shape index (κ1) is 25.0. The molecule has 35 heavy (non-hydrogen) atoms. The van der Waals surface area contributed by atoms with Gasteiger partial charge in [-0.1, -0.05) is 25.3 Å². The summed E-state index contributed by atoms with van der Waals surface area (Å²) in [6.45, 7) is 5.25. The molecule has 2 aromatic carbocycles. The average Bonchev–Trinajstić information content (AvgIpc) is 3.07. The number of nitrogens with zero attached hydrogens (tertiary/aromatic N) is 2. The van der Waals surface area contributed by atoms with Crippen LogP contribution in [-0.4, -0.2) is 50.3 Å². The Hall–Kier alpha value is -3.15. The van der Waals surface area contributed by atoms with Gasteiger partial charge in [0, 0.05) is 29.5 Å². The second-order valence-electron chi connectivity index (χ2n) is 10.1. The summed E-state index contributed by atoms with van der Waals surface area (Å²) in [7, 11) is 5.28. The number of benzene rings is 2. The van der Waals surface area contributed by atoms with Crippen LogP contribution < -0.4 is 9.47 Å². The van der Waals surface area contributed by atoms with E-state index in [1.54, 1.807) is 7.11 Å². The highest BCUT2D eigenvalue weighted by Gasteiger charge is 2.43. The minimum absolute atomic E-state index is 0.134. The highest BCUT2D eigenvalue weighted by atomic mass is 16.5. The number of fused-ring (bicyclic) bond motifs is 1. The molecule has 0 radical (unpaired) electrons. The standard InChI is InChI=1S/C29H38N3O3/c1-29(2)23-13-11-21(28(30)34-5)17-25(23)32(3)27(29)15-16-31-24-14-12-22(18-26(24)33-4)35-19-20-9-7-6-8-10-20/h11-14,16-18,20,30H,6-10,15,19H2,1-5H3/q+1. The molecular weight excluding hydrogens is 438 g/mol. The second-order valence-corrected chi connectivity index (χ2v) is 10.1. The van der Waals surface area contributed by atoms with Crippen molar-refractivity contribution in [2.75, 3.05) is 27.9 Å². The first-order chi connectivity index (χ1) is 16.8. The van der Waals surface area contributed by atoms with Crippen molar-refractivity contribution in [3.63, 3.8) is 0 Å². The number of ether oxygens (including phenoxy) is 3.